The predicted octanol–water partition coefficient (Wildman–Crippen LogP) is 1.32. The third kappa shape index (κ3) is 1.95. The summed E-state index contributed by atoms with van der Waals surface area (Å²) in [7, 11) is 0. The minimum absolute atomic E-state index is 0.0538. The second-order valence-electron chi connectivity index (χ2n) is 3.29. The number of anilines is 1. The second kappa shape index (κ2) is 3.54. The maximum absolute atomic E-state index is 5.91. The first-order valence-electron chi connectivity index (χ1n) is 4.08. The highest BCUT2D eigenvalue weighted by Gasteiger charge is 2.09. The Morgan fingerprint density at radius 1 is 1.33 bits per heavy atom. The monoisotopic (exact) mass is 165 g/mol. The number of nitrogens with zero attached hydrogens (tertiary/aromatic N) is 1. The molecule has 1 rings (SSSR count). The molecule has 12 heavy (non-hydrogen) atoms. The Bertz CT molecular complexity index is 240. The molecule has 0 saturated carbocycles. The van der Waals surface area contributed by atoms with Gasteiger partial charge in [-0.25, -0.2) is 4.98 Å². The average Bonchev–Trinajstić information content (AvgIpc) is 2.04. The summed E-state index contributed by atoms with van der Waals surface area (Å²) in [5.74, 6) is 0.963. The van der Waals surface area contributed by atoms with Gasteiger partial charge in [-0.15, -0.1) is 0 Å². The van der Waals surface area contributed by atoms with Crippen LogP contribution in [0.4, 0.5) is 5.82 Å². The van der Waals surface area contributed by atoms with Crippen LogP contribution in [0, 0.1) is 5.92 Å². The Kier molecular flexibility index (Phi) is 2.65. The van der Waals surface area contributed by atoms with Crippen molar-refractivity contribution in [2.24, 2.45) is 11.7 Å². The summed E-state index contributed by atoms with van der Waals surface area (Å²) in [4.78, 5) is 3.98. The van der Waals surface area contributed by atoms with Gasteiger partial charge in [-0.05, 0) is 17.5 Å². The van der Waals surface area contributed by atoms with Gasteiger partial charge >= 0.3 is 0 Å². The van der Waals surface area contributed by atoms with Crippen LogP contribution in [0.3, 0.4) is 0 Å². The number of aromatic nitrogens is 1. The first-order valence-corrected chi connectivity index (χ1v) is 4.08. The van der Waals surface area contributed by atoms with Crippen molar-refractivity contribution in [1.29, 1.82) is 0 Å². The van der Waals surface area contributed by atoms with E-state index in [1.54, 1.807) is 12.3 Å². The molecule has 0 saturated heterocycles. The van der Waals surface area contributed by atoms with Crippen molar-refractivity contribution in [3.05, 3.63) is 23.9 Å². The van der Waals surface area contributed by atoms with Gasteiger partial charge in [0.15, 0.2) is 0 Å². The minimum atomic E-state index is 0.0538. The van der Waals surface area contributed by atoms with Crippen molar-refractivity contribution >= 4 is 5.82 Å². The molecule has 1 aromatic rings. The molecule has 0 aliphatic rings. The Morgan fingerprint density at radius 3 is 2.42 bits per heavy atom. The van der Waals surface area contributed by atoms with Gasteiger partial charge in [0.25, 0.3) is 0 Å². The number of rotatable bonds is 2. The molecule has 66 valence electrons. The average molecular weight is 165 g/mol. The SMILES string of the molecule is CC(C)[C@H](N)c1ccc(N)nc1. The van der Waals surface area contributed by atoms with Crippen molar-refractivity contribution in [2.75, 3.05) is 5.73 Å². The van der Waals surface area contributed by atoms with Gasteiger partial charge in [-0.2, -0.15) is 0 Å². The molecule has 0 aromatic carbocycles. The van der Waals surface area contributed by atoms with E-state index in [0.29, 0.717) is 11.7 Å². The van der Waals surface area contributed by atoms with Crippen LogP contribution >= 0.6 is 0 Å². The Labute approximate surface area is 72.8 Å². The highest BCUT2D eigenvalue weighted by Crippen LogP contribution is 2.17. The quantitative estimate of drug-likeness (QED) is 0.694. The van der Waals surface area contributed by atoms with Gasteiger partial charge in [0.2, 0.25) is 0 Å². The first-order chi connectivity index (χ1) is 5.61. The molecular weight excluding hydrogens is 150 g/mol. The number of nitrogen functional groups attached to an aromatic ring is 1. The van der Waals surface area contributed by atoms with Gasteiger partial charge in [-0.1, -0.05) is 19.9 Å². The molecule has 3 nitrogen and oxygen atoms in total. The van der Waals surface area contributed by atoms with E-state index < -0.39 is 0 Å². The molecule has 0 bridgehead atoms. The molecule has 1 heterocycles. The van der Waals surface area contributed by atoms with Gasteiger partial charge < -0.3 is 11.5 Å². The summed E-state index contributed by atoms with van der Waals surface area (Å²) in [6, 6.07) is 3.75. The largest absolute Gasteiger partial charge is 0.384 e. The zero-order valence-electron chi connectivity index (χ0n) is 7.49. The Hall–Kier alpha value is -1.09. The molecule has 0 radical (unpaired) electrons. The molecule has 0 amide bonds. The van der Waals surface area contributed by atoms with E-state index in [2.05, 4.69) is 18.8 Å². The number of hydrogen-bond donors (Lipinski definition) is 2. The Balaban J connectivity index is 2.82. The van der Waals surface area contributed by atoms with Crippen LogP contribution in [-0.4, -0.2) is 4.98 Å². The fraction of sp³-hybridized carbons (Fsp3) is 0.444. The highest BCUT2D eigenvalue weighted by molar-refractivity contribution is 5.30. The summed E-state index contributed by atoms with van der Waals surface area (Å²) in [5, 5.41) is 0. The van der Waals surface area contributed by atoms with Crippen LogP contribution in [0.2, 0.25) is 0 Å². The summed E-state index contributed by atoms with van der Waals surface area (Å²) < 4.78 is 0. The lowest BCUT2D eigenvalue weighted by molar-refractivity contribution is 0.513. The predicted molar refractivity (Wildman–Crippen MR) is 50.4 cm³/mol. The van der Waals surface area contributed by atoms with Crippen LogP contribution in [0.5, 0.6) is 0 Å². The van der Waals surface area contributed by atoms with E-state index in [1.165, 1.54) is 0 Å². The van der Waals surface area contributed by atoms with Gasteiger partial charge in [0.1, 0.15) is 5.82 Å². The number of nitrogens with two attached hydrogens (primary N) is 2. The maximum atomic E-state index is 5.91. The molecular formula is C9H15N3. The van der Waals surface area contributed by atoms with Crippen molar-refractivity contribution in [1.82, 2.24) is 4.98 Å². The van der Waals surface area contributed by atoms with Crippen LogP contribution in [0.1, 0.15) is 25.5 Å². The summed E-state index contributed by atoms with van der Waals surface area (Å²) in [6.45, 7) is 4.17. The molecule has 3 heteroatoms. The van der Waals surface area contributed by atoms with E-state index in [-0.39, 0.29) is 6.04 Å². The second-order valence-corrected chi connectivity index (χ2v) is 3.29. The van der Waals surface area contributed by atoms with E-state index in [9.17, 15) is 0 Å². The topological polar surface area (TPSA) is 64.9 Å². The van der Waals surface area contributed by atoms with E-state index in [0.717, 1.165) is 5.56 Å². The molecule has 0 spiro atoms. The molecule has 1 aromatic heterocycles. The summed E-state index contributed by atoms with van der Waals surface area (Å²) >= 11 is 0. The highest BCUT2D eigenvalue weighted by atomic mass is 14.8. The van der Waals surface area contributed by atoms with Crippen LogP contribution in [0.25, 0.3) is 0 Å². The lowest BCUT2D eigenvalue weighted by Gasteiger charge is -2.15. The minimum Gasteiger partial charge on any atom is -0.384 e. The van der Waals surface area contributed by atoms with E-state index >= 15 is 0 Å². The van der Waals surface area contributed by atoms with Gasteiger partial charge in [-0.3, -0.25) is 0 Å². The zero-order valence-corrected chi connectivity index (χ0v) is 7.49. The van der Waals surface area contributed by atoms with Crippen LogP contribution in [0.15, 0.2) is 18.3 Å². The normalized spacial score (nSPS) is 13.3. The molecule has 0 fully saturated rings. The molecule has 4 N–H and O–H groups in total. The lowest BCUT2D eigenvalue weighted by Crippen LogP contribution is -2.16. The van der Waals surface area contributed by atoms with Crippen molar-refractivity contribution in [3.63, 3.8) is 0 Å². The van der Waals surface area contributed by atoms with E-state index in [1.807, 2.05) is 6.07 Å². The summed E-state index contributed by atoms with van der Waals surface area (Å²) in [5.41, 5.74) is 12.4. The number of pyridine rings is 1. The third-order valence-corrected chi connectivity index (χ3v) is 1.91. The van der Waals surface area contributed by atoms with Crippen molar-refractivity contribution < 1.29 is 0 Å². The molecule has 0 aliphatic heterocycles. The third-order valence-electron chi connectivity index (χ3n) is 1.91. The molecule has 0 unspecified atom stereocenters. The standard InChI is InChI=1S/C9H15N3/c1-6(2)9(11)7-3-4-8(10)12-5-7/h3-6,9H,11H2,1-2H3,(H2,10,12)/t9-/m0/s1. The summed E-state index contributed by atoms with van der Waals surface area (Å²) in [6.07, 6.45) is 1.74. The zero-order chi connectivity index (χ0) is 9.14. The Morgan fingerprint density at radius 2 is 2.00 bits per heavy atom. The van der Waals surface area contributed by atoms with Crippen LogP contribution in [-0.2, 0) is 0 Å². The van der Waals surface area contributed by atoms with E-state index in [4.69, 9.17) is 11.5 Å². The fourth-order valence-electron chi connectivity index (χ4n) is 0.999. The smallest absolute Gasteiger partial charge is 0.123 e. The first kappa shape index (κ1) is 9.00. The number of hydrogen-bond acceptors (Lipinski definition) is 3. The molecule has 0 aliphatic carbocycles. The fourth-order valence-corrected chi connectivity index (χ4v) is 0.999. The molecule has 1 atom stereocenters. The van der Waals surface area contributed by atoms with Gasteiger partial charge in [0, 0.05) is 12.2 Å². The lowest BCUT2D eigenvalue weighted by atomic mass is 9.99. The van der Waals surface area contributed by atoms with Crippen LogP contribution < -0.4 is 11.5 Å². The van der Waals surface area contributed by atoms with Crippen molar-refractivity contribution in [2.45, 2.75) is 19.9 Å². The maximum Gasteiger partial charge on any atom is 0.123 e. The van der Waals surface area contributed by atoms with Crippen molar-refractivity contribution in [3.8, 4) is 0 Å². The van der Waals surface area contributed by atoms with Gasteiger partial charge in [0.05, 0.1) is 0 Å².